The third-order valence-corrected chi connectivity index (χ3v) is 4.93. The van der Waals surface area contributed by atoms with Crippen LogP contribution in [0.3, 0.4) is 0 Å². The molecule has 1 N–H and O–H groups in total. The fraction of sp³-hybridized carbons (Fsp3) is 0.692. The van der Waals surface area contributed by atoms with Gasteiger partial charge in [0.1, 0.15) is 17.3 Å². The van der Waals surface area contributed by atoms with Crippen LogP contribution in [0.2, 0.25) is 5.15 Å². The van der Waals surface area contributed by atoms with E-state index in [2.05, 4.69) is 40.9 Å². The lowest BCUT2D eigenvalue weighted by Crippen LogP contribution is -2.18. The third-order valence-electron chi connectivity index (χ3n) is 3.37. The van der Waals surface area contributed by atoms with Crippen LogP contribution in [0.1, 0.15) is 38.7 Å². The van der Waals surface area contributed by atoms with Crippen LogP contribution in [0, 0.1) is 0 Å². The van der Waals surface area contributed by atoms with Gasteiger partial charge in [-0.2, -0.15) is 11.8 Å². The molecule has 3 nitrogen and oxygen atoms in total. The third kappa shape index (κ3) is 3.29. The lowest BCUT2D eigenvalue weighted by Gasteiger charge is -2.16. The second-order valence-electron chi connectivity index (χ2n) is 4.58. The average molecular weight is 286 g/mol. The lowest BCUT2D eigenvalue weighted by atomic mass is 10.2. The van der Waals surface area contributed by atoms with Gasteiger partial charge in [0.15, 0.2) is 0 Å². The first-order chi connectivity index (χ1) is 8.74. The summed E-state index contributed by atoms with van der Waals surface area (Å²) in [5.74, 6) is 2.13. The second-order valence-corrected chi connectivity index (χ2v) is 6.51. The van der Waals surface area contributed by atoms with Crippen molar-refractivity contribution in [3.63, 3.8) is 0 Å². The molecule has 0 aromatic carbocycles. The molecular weight excluding hydrogens is 266 g/mol. The molecule has 2 rings (SSSR count). The highest BCUT2D eigenvalue weighted by Crippen LogP contribution is 2.32. The number of nitrogens with zero attached hydrogens (tertiary/aromatic N) is 2. The molecule has 1 aliphatic carbocycles. The van der Waals surface area contributed by atoms with Crippen LogP contribution in [-0.2, 0) is 6.42 Å². The first-order valence-electron chi connectivity index (χ1n) is 6.62. The van der Waals surface area contributed by atoms with E-state index >= 15 is 0 Å². The van der Waals surface area contributed by atoms with Crippen molar-refractivity contribution in [3.8, 4) is 0 Å². The quantitative estimate of drug-likeness (QED) is 0.836. The summed E-state index contributed by atoms with van der Waals surface area (Å²) in [6.07, 6.45) is 6.15. The van der Waals surface area contributed by atoms with E-state index in [-0.39, 0.29) is 0 Å². The van der Waals surface area contributed by atoms with Crippen LogP contribution in [0.5, 0.6) is 0 Å². The summed E-state index contributed by atoms with van der Waals surface area (Å²) >= 11 is 8.17. The Morgan fingerprint density at radius 2 is 2.22 bits per heavy atom. The van der Waals surface area contributed by atoms with Gasteiger partial charge in [-0.25, -0.2) is 9.97 Å². The summed E-state index contributed by atoms with van der Waals surface area (Å²) in [5.41, 5.74) is 1.03. The zero-order chi connectivity index (χ0) is 13.0. The molecule has 1 heterocycles. The Morgan fingerprint density at radius 3 is 2.94 bits per heavy atom. The molecule has 0 spiro atoms. The number of aromatic nitrogens is 2. The predicted octanol–water partition coefficient (Wildman–Crippen LogP) is 3.78. The maximum Gasteiger partial charge on any atom is 0.137 e. The summed E-state index contributed by atoms with van der Waals surface area (Å²) < 4.78 is 0. The largest absolute Gasteiger partial charge is 0.367 e. The highest BCUT2D eigenvalue weighted by molar-refractivity contribution is 7.99. The molecule has 1 saturated carbocycles. The molecule has 2 unspecified atom stereocenters. The minimum Gasteiger partial charge on any atom is -0.367 e. The van der Waals surface area contributed by atoms with Crippen LogP contribution in [-0.4, -0.2) is 27.0 Å². The van der Waals surface area contributed by atoms with Gasteiger partial charge in [0.2, 0.25) is 0 Å². The van der Waals surface area contributed by atoms with Crippen molar-refractivity contribution in [1.82, 2.24) is 9.97 Å². The Kier molecular flexibility index (Phi) is 5.13. The van der Waals surface area contributed by atoms with Crippen LogP contribution in [0.4, 0.5) is 5.82 Å². The standard InChI is InChI=1S/C13H20ClN3S/c1-3-11-12(14)15-8-16-13(11)17-9-5-6-10(7-9)18-4-2/h8-10H,3-7H2,1-2H3,(H,15,16,17). The molecule has 18 heavy (non-hydrogen) atoms. The minimum absolute atomic E-state index is 0.533. The minimum atomic E-state index is 0.533. The normalized spacial score (nSPS) is 23.3. The molecule has 0 radical (unpaired) electrons. The van der Waals surface area contributed by atoms with Crippen molar-refractivity contribution >= 4 is 29.2 Å². The first kappa shape index (κ1) is 13.9. The molecule has 1 fully saturated rings. The highest BCUT2D eigenvalue weighted by Gasteiger charge is 2.25. The summed E-state index contributed by atoms with van der Waals surface area (Å²) in [4.78, 5) is 8.37. The van der Waals surface area contributed by atoms with Crippen molar-refractivity contribution in [3.05, 3.63) is 17.0 Å². The average Bonchev–Trinajstić information content (AvgIpc) is 2.77. The molecule has 0 aliphatic heterocycles. The monoisotopic (exact) mass is 285 g/mol. The van der Waals surface area contributed by atoms with Gasteiger partial charge >= 0.3 is 0 Å². The number of thioether (sulfide) groups is 1. The Hall–Kier alpha value is -0.480. The highest BCUT2D eigenvalue weighted by atomic mass is 35.5. The SMILES string of the molecule is CCSC1CCC(Nc2ncnc(Cl)c2CC)C1. The smallest absolute Gasteiger partial charge is 0.137 e. The number of anilines is 1. The number of halogens is 1. The predicted molar refractivity (Wildman–Crippen MR) is 79.6 cm³/mol. The van der Waals surface area contributed by atoms with Crippen LogP contribution < -0.4 is 5.32 Å². The number of hydrogen-bond acceptors (Lipinski definition) is 4. The Morgan fingerprint density at radius 1 is 1.39 bits per heavy atom. The zero-order valence-electron chi connectivity index (χ0n) is 10.9. The summed E-state index contributed by atoms with van der Waals surface area (Å²) in [7, 11) is 0. The number of hydrogen-bond donors (Lipinski definition) is 1. The fourth-order valence-corrected chi connectivity index (χ4v) is 3.89. The van der Waals surface area contributed by atoms with Crippen molar-refractivity contribution in [2.45, 2.75) is 50.8 Å². The molecule has 0 amide bonds. The van der Waals surface area contributed by atoms with Gasteiger partial charge in [-0.3, -0.25) is 0 Å². The van der Waals surface area contributed by atoms with E-state index in [1.807, 2.05) is 0 Å². The molecule has 1 aliphatic rings. The Labute approximate surface area is 118 Å². The van der Waals surface area contributed by atoms with Gasteiger partial charge in [0, 0.05) is 16.9 Å². The topological polar surface area (TPSA) is 37.8 Å². The molecule has 100 valence electrons. The van der Waals surface area contributed by atoms with Crippen molar-refractivity contribution in [1.29, 1.82) is 0 Å². The van der Waals surface area contributed by atoms with E-state index in [0.29, 0.717) is 11.2 Å². The summed E-state index contributed by atoms with van der Waals surface area (Å²) in [6.45, 7) is 4.31. The molecule has 2 atom stereocenters. The maximum absolute atomic E-state index is 6.10. The maximum atomic E-state index is 6.10. The van der Waals surface area contributed by atoms with E-state index in [0.717, 1.165) is 23.1 Å². The van der Waals surface area contributed by atoms with Crippen molar-refractivity contribution < 1.29 is 0 Å². The van der Waals surface area contributed by atoms with Gasteiger partial charge in [0.25, 0.3) is 0 Å². The van der Waals surface area contributed by atoms with Crippen molar-refractivity contribution in [2.75, 3.05) is 11.1 Å². The number of nitrogens with one attached hydrogen (secondary N) is 1. The lowest BCUT2D eigenvalue weighted by molar-refractivity contribution is 0.748. The summed E-state index contributed by atoms with van der Waals surface area (Å²) in [5, 5.41) is 4.92. The van der Waals surface area contributed by atoms with Gasteiger partial charge in [-0.15, -0.1) is 0 Å². The molecule has 1 aromatic rings. The molecule has 1 aromatic heterocycles. The molecular formula is C13H20ClN3S. The second kappa shape index (κ2) is 6.62. The van der Waals surface area contributed by atoms with Gasteiger partial charge in [-0.05, 0) is 31.4 Å². The summed E-state index contributed by atoms with van der Waals surface area (Å²) in [6, 6.07) is 0.533. The van der Waals surface area contributed by atoms with Gasteiger partial charge < -0.3 is 5.32 Å². The Balaban J connectivity index is 2.00. The van der Waals surface area contributed by atoms with Gasteiger partial charge in [0.05, 0.1) is 0 Å². The fourth-order valence-electron chi connectivity index (χ4n) is 2.48. The molecule has 0 saturated heterocycles. The van der Waals surface area contributed by atoms with E-state index < -0.39 is 0 Å². The van der Waals surface area contributed by atoms with E-state index in [4.69, 9.17) is 11.6 Å². The van der Waals surface area contributed by atoms with Crippen LogP contribution in [0.15, 0.2) is 6.33 Å². The van der Waals surface area contributed by atoms with Crippen LogP contribution in [0.25, 0.3) is 0 Å². The van der Waals surface area contributed by atoms with E-state index in [1.165, 1.54) is 31.3 Å². The van der Waals surface area contributed by atoms with Crippen molar-refractivity contribution in [2.24, 2.45) is 0 Å². The van der Waals surface area contributed by atoms with E-state index in [1.54, 1.807) is 0 Å². The zero-order valence-corrected chi connectivity index (χ0v) is 12.5. The van der Waals surface area contributed by atoms with Crippen LogP contribution >= 0.6 is 23.4 Å². The van der Waals surface area contributed by atoms with E-state index in [9.17, 15) is 0 Å². The number of rotatable bonds is 5. The Bertz CT molecular complexity index is 400. The molecule has 5 heteroatoms. The van der Waals surface area contributed by atoms with Gasteiger partial charge in [-0.1, -0.05) is 25.4 Å². The molecule has 0 bridgehead atoms. The first-order valence-corrected chi connectivity index (χ1v) is 8.04.